The number of nitrogens with zero attached hydrogens (tertiary/aromatic N) is 3. The van der Waals surface area contributed by atoms with Crippen molar-refractivity contribution in [3.8, 4) is 0 Å². The molecule has 4 nitrogen and oxygen atoms in total. The number of rotatable bonds is 2. The summed E-state index contributed by atoms with van der Waals surface area (Å²) in [7, 11) is 0. The molecule has 1 fully saturated rings. The fraction of sp³-hybridized carbons (Fsp3) is 0.533. The number of thiophene rings is 1. The third kappa shape index (κ3) is 2.90. The fourth-order valence-electron chi connectivity index (χ4n) is 2.61. The van der Waals surface area contributed by atoms with E-state index in [0.717, 1.165) is 16.8 Å². The number of hydrogen-bond donors (Lipinski definition) is 0. The van der Waals surface area contributed by atoms with Crippen molar-refractivity contribution in [1.82, 2.24) is 14.9 Å². The molecule has 0 radical (unpaired) electrons. The smallest absolute Gasteiger partial charge is 0.223 e. The van der Waals surface area contributed by atoms with Gasteiger partial charge in [-0.3, -0.25) is 4.79 Å². The molecule has 0 spiro atoms. The number of hydrogen-bond acceptors (Lipinski definition) is 4. The lowest BCUT2D eigenvalue weighted by molar-refractivity contribution is -0.128. The van der Waals surface area contributed by atoms with Gasteiger partial charge in [0.05, 0.1) is 6.54 Å². The second-order valence-electron chi connectivity index (χ2n) is 6.61. The fourth-order valence-corrected chi connectivity index (χ4v) is 3.70. The van der Waals surface area contributed by atoms with Crippen LogP contribution < -0.4 is 0 Å². The number of carbonyl (C=O) groups is 1. The Morgan fingerprint density at radius 3 is 2.86 bits per heavy atom. The summed E-state index contributed by atoms with van der Waals surface area (Å²) in [5, 5.41) is 3.30. The molecule has 112 valence electrons. The molecule has 0 N–H and O–H groups in total. The first-order valence-corrected chi connectivity index (χ1v) is 8.28. The molecule has 1 aliphatic rings. The van der Waals surface area contributed by atoms with Crippen LogP contribution in [0.2, 0.25) is 5.15 Å². The van der Waals surface area contributed by atoms with Gasteiger partial charge in [0.2, 0.25) is 5.91 Å². The molecule has 0 aliphatic carbocycles. The maximum atomic E-state index is 12.2. The number of amides is 1. The Kier molecular flexibility index (Phi) is 3.66. The van der Waals surface area contributed by atoms with E-state index in [1.807, 2.05) is 16.3 Å². The Bertz CT molecular complexity index is 692. The molecule has 0 saturated carbocycles. The van der Waals surface area contributed by atoms with Crippen molar-refractivity contribution in [2.24, 2.45) is 11.3 Å². The molecule has 2 aromatic rings. The Labute approximate surface area is 133 Å². The van der Waals surface area contributed by atoms with E-state index in [4.69, 9.17) is 11.6 Å². The van der Waals surface area contributed by atoms with Gasteiger partial charge in [-0.1, -0.05) is 32.4 Å². The first kappa shape index (κ1) is 14.7. The van der Waals surface area contributed by atoms with E-state index in [2.05, 4.69) is 30.7 Å². The van der Waals surface area contributed by atoms with Crippen LogP contribution in [0.4, 0.5) is 0 Å². The maximum Gasteiger partial charge on any atom is 0.223 e. The van der Waals surface area contributed by atoms with Crippen molar-refractivity contribution in [3.05, 3.63) is 22.4 Å². The zero-order valence-electron chi connectivity index (χ0n) is 12.4. The zero-order valence-corrected chi connectivity index (χ0v) is 14.0. The van der Waals surface area contributed by atoms with Crippen LogP contribution in [0, 0.1) is 11.3 Å². The van der Waals surface area contributed by atoms with Gasteiger partial charge in [0.1, 0.15) is 9.98 Å². The molecule has 0 aromatic carbocycles. The Morgan fingerprint density at radius 2 is 2.19 bits per heavy atom. The summed E-state index contributed by atoms with van der Waals surface area (Å²) >= 11 is 7.72. The van der Waals surface area contributed by atoms with Gasteiger partial charge >= 0.3 is 0 Å². The van der Waals surface area contributed by atoms with E-state index in [0.29, 0.717) is 29.9 Å². The van der Waals surface area contributed by atoms with Crippen LogP contribution >= 0.6 is 22.9 Å². The molecule has 21 heavy (non-hydrogen) atoms. The standard InChI is InChI=1S/C15H18ClN3OS/c1-15(2,3)9-6-12(20)19(7-9)8-11-17-13(16)10-4-5-21-14(10)18-11/h4-5,9H,6-8H2,1-3H3. The summed E-state index contributed by atoms with van der Waals surface area (Å²) < 4.78 is 0. The van der Waals surface area contributed by atoms with Gasteiger partial charge in [0.15, 0.2) is 5.82 Å². The second kappa shape index (κ2) is 5.21. The number of likely N-dealkylation sites (tertiary alicyclic amines) is 1. The van der Waals surface area contributed by atoms with Gasteiger partial charge in [-0.2, -0.15) is 0 Å². The third-order valence-corrected chi connectivity index (χ3v) is 5.19. The molecular weight excluding hydrogens is 306 g/mol. The summed E-state index contributed by atoms with van der Waals surface area (Å²) in [5.74, 6) is 1.18. The van der Waals surface area contributed by atoms with Crippen molar-refractivity contribution in [2.45, 2.75) is 33.7 Å². The van der Waals surface area contributed by atoms with E-state index in [-0.39, 0.29) is 11.3 Å². The molecule has 2 aromatic heterocycles. The molecule has 6 heteroatoms. The highest BCUT2D eigenvalue weighted by Gasteiger charge is 2.37. The molecule has 1 saturated heterocycles. The minimum absolute atomic E-state index is 0.140. The van der Waals surface area contributed by atoms with Crippen molar-refractivity contribution >= 4 is 39.1 Å². The number of carbonyl (C=O) groups excluding carboxylic acids is 1. The zero-order chi connectivity index (χ0) is 15.2. The topological polar surface area (TPSA) is 46.1 Å². The van der Waals surface area contributed by atoms with Gasteiger partial charge in [-0.15, -0.1) is 11.3 Å². The minimum Gasteiger partial charge on any atom is -0.335 e. The average molecular weight is 324 g/mol. The van der Waals surface area contributed by atoms with Crippen LogP contribution in [0.3, 0.4) is 0 Å². The lowest BCUT2D eigenvalue weighted by Gasteiger charge is -2.26. The molecule has 1 amide bonds. The average Bonchev–Trinajstić information content (AvgIpc) is 2.96. The van der Waals surface area contributed by atoms with Crippen molar-refractivity contribution in [2.75, 3.05) is 6.54 Å². The summed E-state index contributed by atoms with van der Waals surface area (Å²) in [4.78, 5) is 23.7. The predicted molar refractivity (Wildman–Crippen MR) is 85.4 cm³/mol. The lowest BCUT2D eigenvalue weighted by Crippen LogP contribution is -2.28. The van der Waals surface area contributed by atoms with Gasteiger partial charge in [0, 0.05) is 18.4 Å². The van der Waals surface area contributed by atoms with Crippen LogP contribution in [0.5, 0.6) is 0 Å². The third-order valence-electron chi connectivity index (χ3n) is 4.10. The second-order valence-corrected chi connectivity index (χ2v) is 7.86. The normalized spacial score (nSPS) is 19.7. The van der Waals surface area contributed by atoms with E-state index in [1.165, 1.54) is 0 Å². The molecular formula is C15H18ClN3OS. The van der Waals surface area contributed by atoms with Crippen LogP contribution in [0.1, 0.15) is 33.0 Å². The number of halogens is 1. The Balaban J connectivity index is 1.81. The van der Waals surface area contributed by atoms with Gasteiger partial charge < -0.3 is 4.90 Å². The quantitative estimate of drug-likeness (QED) is 0.791. The highest BCUT2D eigenvalue weighted by molar-refractivity contribution is 7.16. The van der Waals surface area contributed by atoms with E-state index >= 15 is 0 Å². The highest BCUT2D eigenvalue weighted by Crippen LogP contribution is 2.35. The van der Waals surface area contributed by atoms with Crippen molar-refractivity contribution < 1.29 is 4.79 Å². The van der Waals surface area contributed by atoms with Crippen molar-refractivity contribution in [1.29, 1.82) is 0 Å². The van der Waals surface area contributed by atoms with Crippen LogP contribution in [0.25, 0.3) is 10.2 Å². The van der Waals surface area contributed by atoms with Crippen LogP contribution in [0.15, 0.2) is 11.4 Å². The molecule has 1 unspecified atom stereocenters. The highest BCUT2D eigenvalue weighted by atomic mass is 35.5. The summed E-state index contributed by atoms with van der Waals surface area (Å²) in [6.45, 7) is 7.75. The first-order valence-electron chi connectivity index (χ1n) is 7.02. The first-order chi connectivity index (χ1) is 9.84. The number of aromatic nitrogens is 2. The monoisotopic (exact) mass is 323 g/mol. The summed E-state index contributed by atoms with van der Waals surface area (Å²) in [5.41, 5.74) is 0.140. The van der Waals surface area contributed by atoms with E-state index in [9.17, 15) is 4.79 Å². The molecule has 1 atom stereocenters. The largest absolute Gasteiger partial charge is 0.335 e. The van der Waals surface area contributed by atoms with Crippen LogP contribution in [-0.2, 0) is 11.3 Å². The van der Waals surface area contributed by atoms with Gasteiger partial charge in [0.25, 0.3) is 0 Å². The molecule has 0 bridgehead atoms. The Hall–Kier alpha value is -1.20. The molecule has 3 heterocycles. The maximum absolute atomic E-state index is 12.2. The van der Waals surface area contributed by atoms with Crippen LogP contribution in [-0.4, -0.2) is 27.3 Å². The van der Waals surface area contributed by atoms with Gasteiger partial charge in [-0.05, 0) is 22.8 Å². The van der Waals surface area contributed by atoms with E-state index < -0.39 is 0 Å². The SMILES string of the molecule is CC(C)(C)C1CC(=O)N(Cc2nc(Cl)c3ccsc3n2)C1. The van der Waals surface area contributed by atoms with E-state index in [1.54, 1.807) is 11.3 Å². The molecule has 3 rings (SSSR count). The Morgan fingerprint density at radius 1 is 1.43 bits per heavy atom. The minimum atomic E-state index is 0.140. The van der Waals surface area contributed by atoms with Crippen molar-refractivity contribution in [3.63, 3.8) is 0 Å². The number of fused-ring (bicyclic) bond motifs is 1. The van der Waals surface area contributed by atoms with Gasteiger partial charge in [-0.25, -0.2) is 9.97 Å². The predicted octanol–water partition coefficient (Wildman–Crippen LogP) is 3.74. The molecule has 1 aliphatic heterocycles. The lowest BCUT2D eigenvalue weighted by atomic mass is 9.80. The summed E-state index contributed by atoms with van der Waals surface area (Å²) in [6, 6.07) is 1.92. The summed E-state index contributed by atoms with van der Waals surface area (Å²) in [6.07, 6.45) is 0.610.